The van der Waals surface area contributed by atoms with E-state index in [9.17, 15) is 0 Å². The van der Waals surface area contributed by atoms with Gasteiger partial charge >= 0.3 is 0 Å². The summed E-state index contributed by atoms with van der Waals surface area (Å²) in [4.78, 5) is 1.34. The summed E-state index contributed by atoms with van der Waals surface area (Å²) in [6, 6.07) is 8.40. The summed E-state index contributed by atoms with van der Waals surface area (Å²) in [5, 5.41) is 2.10. The van der Waals surface area contributed by atoms with Crippen molar-refractivity contribution in [2.45, 2.75) is 39.0 Å². The molecule has 0 radical (unpaired) electrons. The fourth-order valence-corrected chi connectivity index (χ4v) is 1.52. The smallest absolute Gasteiger partial charge is 0.0145 e. The van der Waals surface area contributed by atoms with Crippen molar-refractivity contribution in [3.05, 3.63) is 41.3 Å². The number of hydrogen-bond acceptors (Lipinski definition) is 1. The normalized spacial score (nSPS) is 9.71. The van der Waals surface area contributed by atoms with Crippen molar-refractivity contribution in [1.82, 2.24) is 0 Å². The lowest BCUT2D eigenvalue weighted by Gasteiger charge is -1.99. The molecule has 0 N–H and O–H groups in total. The van der Waals surface area contributed by atoms with Crippen LogP contribution in [0.1, 0.15) is 32.8 Å². The molecule has 14 heavy (non-hydrogen) atoms. The van der Waals surface area contributed by atoms with Crippen molar-refractivity contribution in [2.75, 3.05) is 0 Å². The minimum atomic E-state index is 1.25. The topological polar surface area (TPSA) is 0 Å². The molecule has 0 bridgehead atoms. The van der Waals surface area contributed by atoms with Crippen molar-refractivity contribution < 1.29 is 0 Å². The first-order chi connectivity index (χ1) is 6.76. The zero-order valence-electron chi connectivity index (χ0n) is 9.58. The molecule has 0 fully saturated rings. The third-order valence-electron chi connectivity index (χ3n) is 1.42. The second-order valence-electron chi connectivity index (χ2n) is 3.06. The Hall–Kier alpha value is -0.690. The molecule has 0 amide bonds. The summed E-state index contributed by atoms with van der Waals surface area (Å²) in [7, 11) is 0. The maximum Gasteiger partial charge on any atom is 0.0145 e. The molecule has 0 aliphatic carbocycles. The lowest BCUT2D eigenvalue weighted by atomic mass is 10.2. The Morgan fingerprint density at radius 2 is 1.79 bits per heavy atom. The highest BCUT2D eigenvalue weighted by molar-refractivity contribution is 8.02. The lowest BCUT2D eigenvalue weighted by Crippen LogP contribution is -1.74. The van der Waals surface area contributed by atoms with E-state index in [0.717, 1.165) is 0 Å². The number of allylic oxidation sites excluding steroid dienone is 1. The number of rotatable bonds is 2. The molecule has 1 heteroatoms. The predicted octanol–water partition coefficient (Wildman–Crippen LogP) is 5.04. The van der Waals surface area contributed by atoms with E-state index in [1.807, 2.05) is 6.92 Å². The number of hydrogen-bond donors (Lipinski definition) is 0. The Balaban J connectivity index is 0.000000500. The van der Waals surface area contributed by atoms with Crippen LogP contribution >= 0.6 is 11.8 Å². The van der Waals surface area contributed by atoms with Gasteiger partial charge in [0, 0.05) is 4.90 Å². The second-order valence-corrected chi connectivity index (χ2v) is 4.01. The summed E-state index contributed by atoms with van der Waals surface area (Å²) < 4.78 is 0. The Labute approximate surface area is 92.4 Å². The Morgan fingerprint density at radius 1 is 1.21 bits per heavy atom. The van der Waals surface area contributed by atoms with Gasteiger partial charge in [-0.15, -0.1) is 0 Å². The molecule has 0 saturated carbocycles. The molecular weight excluding hydrogens is 188 g/mol. The van der Waals surface area contributed by atoms with Gasteiger partial charge in [0.2, 0.25) is 0 Å². The van der Waals surface area contributed by atoms with Crippen molar-refractivity contribution >= 4 is 11.8 Å². The number of benzene rings is 1. The van der Waals surface area contributed by atoms with E-state index < -0.39 is 0 Å². The van der Waals surface area contributed by atoms with Crippen LogP contribution in [0.25, 0.3) is 0 Å². The third-order valence-corrected chi connectivity index (χ3v) is 2.54. The maximum atomic E-state index is 2.14. The lowest BCUT2D eigenvalue weighted by molar-refractivity contribution is 1.09. The van der Waals surface area contributed by atoms with E-state index in [1.165, 1.54) is 16.9 Å². The summed E-state index contributed by atoms with van der Waals surface area (Å²) in [5.41, 5.74) is 1.34. The van der Waals surface area contributed by atoms with Gasteiger partial charge in [0.15, 0.2) is 0 Å². The quantitative estimate of drug-likeness (QED) is 0.614. The number of thioether (sulfide) groups is 1. The Kier molecular flexibility index (Phi) is 8.45. The molecule has 0 heterocycles. The molecule has 0 aliphatic rings. The zero-order chi connectivity index (χ0) is 10.8. The van der Waals surface area contributed by atoms with Crippen LogP contribution in [-0.2, 0) is 0 Å². The van der Waals surface area contributed by atoms with Crippen LogP contribution in [0.5, 0.6) is 0 Å². The van der Waals surface area contributed by atoms with Crippen molar-refractivity contribution in [3.8, 4) is 0 Å². The van der Waals surface area contributed by atoms with E-state index in [2.05, 4.69) is 56.5 Å². The molecule has 0 spiro atoms. The van der Waals surface area contributed by atoms with Gasteiger partial charge in [0.1, 0.15) is 0 Å². The zero-order valence-corrected chi connectivity index (χ0v) is 10.4. The molecular formula is C13H20S. The summed E-state index contributed by atoms with van der Waals surface area (Å²) in [5.74, 6) is 0. The standard InChI is InChI=1S/C10H12S.C3H8/c1-3-8-11-10-7-5-4-6-9(10)2;1-3-2/h3-8H,1-2H3;3H2,1-2H3/b8-3-;. The SMILES string of the molecule is C/C=C\Sc1ccccc1C.CCC. The maximum absolute atomic E-state index is 2.14. The van der Waals surface area contributed by atoms with Crippen molar-refractivity contribution in [2.24, 2.45) is 0 Å². The van der Waals surface area contributed by atoms with E-state index in [0.29, 0.717) is 0 Å². The van der Waals surface area contributed by atoms with Gasteiger partial charge in [-0.3, -0.25) is 0 Å². The molecule has 78 valence electrons. The molecule has 0 aliphatic heterocycles. The largest absolute Gasteiger partial charge is 0.0981 e. The highest BCUT2D eigenvalue weighted by Crippen LogP contribution is 2.22. The van der Waals surface area contributed by atoms with Gasteiger partial charge in [-0.25, -0.2) is 0 Å². The summed E-state index contributed by atoms with van der Waals surface area (Å²) in [6.45, 7) is 8.41. The fraction of sp³-hybridized carbons (Fsp3) is 0.385. The second kappa shape index (κ2) is 8.89. The highest BCUT2D eigenvalue weighted by Gasteiger charge is 1.92. The first-order valence-corrected chi connectivity index (χ1v) is 5.97. The van der Waals surface area contributed by atoms with E-state index in [1.54, 1.807) is 11.8 Å². The molecule has 0 unspecified atom stereocenters. The first-order valence-electron chi connectivity index (χ1n) is 5.09. The van der Waals surface area contributed by atoms with E-state index >= 15 is 0 Å². The molecule has 1 aromatic carbocycles. The summed E-state index contributed by atoms with van der Waals surface area (Å²) >= 11 is 1.77. The van der Waals surface area contributed by atoms with E-state index in [4.69, 9.17) is 0 Å². The number of aryl methyl sites for hydroxylation is 1. The van der Waals surface area contributed by atoms with Crippen LogP contribution in [0.3, 0.4) is 0 Å². The van der Waals surface area contributed by atoms with Crippen LogP contribution in [0.4, 0.5) is 0 Å². The molecule has 0 nitrogen and oxygen atoms in total. The Morgan fingerprint density at radius 3 is 2.29 bits per heavy atom. The fourth-order valence-electron chi connectivity index (χ4n) is 0.830. The first kappa shape index (κ1) is 13.3. The molecule has 1 rings (SSSR count). The van der Waals surface area contributed by atoms with Crippen LogP contribution < -0.4 is 0 Å². The molecule has 1 aromatic rings. The van der Waals surface area contributed by atoms with Crippen molar-refractivity contribution in [1.29, 1.82) is 0 Å². The van der Waals surface area contributed by atoms with Gasteiger partial charge in [-0.2, -0.15) is 0 Å². The van der Waals surface area contributed by atoms with Gasteiger partial charge in [0.25, 0.3) is 0 Å². The highest BCUT2D eigenvalue weighted by atomic mass is 32.2. The van der Waals surface area contributed by atoms with Crippen LogP contribution in [0.15, 0.2) is 40.6 Å². The van der Waals surface area contributed by atoms with Gasteiger partial charge in [0.05, 0.1) is 0 Å². The minimum absolute atomic E-state index is 1.25. The van der Waals surface area contributed by atoms with E-state index in [-0.39, 0.29) is 0 Å². The van der Waals surface area contributed by atoms with Gasteiger partial charge < -0.3 is 0 Å². The van der Waals surface area contributed by atoms with Gasteiger partial charge in [-0.1, -0.05) is 56.3 Å². The third kappa shape index (κ3) is 5.87. The molecule has 0 aromatic heterocycles. The van der Waals surface area contributed by atoms with Crippen LogP contribution in [-0.4, -0.2) is 0 Å². The molecule has 0 atom stereocenters. The van der Waals surface area contributed by atoms with Crippen LogP contribution in [0, 0.1) is 6.92 Å². The van der Waals surface area contributed by atoms with Gasteiger partial charge in [-0.05, 0) is 30.9 Å². The monoisotopic (exact) mass is 208 g/mol. The molecule has 0 saturated heterocycles. The average molecular weight is 208 g/mol. The van der Waals surface area contributed by atoms with Crippen molar-refractivity contribution in [3.63, 3.8) is 0 Å². The predicted molar refractivity (Wildman–Crippen MR) is 67.8 cm³/mol. The van der Waals surface area contributed by atoms with Crippen LogP contribution in [0.2, 0.25) is 0 Å². The average Bonchev–Trinajstić information content (AvgIpc) is 2.18. The summed E-state index contributed by atoms with van der Waals surface area (Å²) in [6.07, 6.45) is 3.30. The minimum Gasteiger partial charge on any atom is -0.0981 e. The Bertz CT molecular complexity index is 264.